The molecular weight excluding hydrogens is 256 g/mol. The molecule has 0 spiro atoms. The Balaban J connectivity index is 3.00. The third-order valence-corrected chi connectivity index (χ3v) is 3.50. The van der Waals surface area contributed by atoms with Crippen LogP contribution in [0, 0.1) is 0 Å². The summed E-state index contributed by atoms with van der Waals surface area (Å²) in [5, 5.41) is 8.60. The molecule has 0 aliphatic carbocycles. The lowest BCUT2D eigenvalue weighted by Crippen LogP contribution is -2.44. The monoisotopic (exact) mass is 276 g/mol. The van der Waals surface area contributed by atoms with Gasteiger partial charge in [-0.1, -0.05) is 6.92 Å². The van der Waals surface area contributed by atoms with Crippen molar-refractivity contribution >= 4 is 18.0 Å². The number of hydrogen-bond donors (Lipinski definition) is 1. The minimum absolute atomic E-state index is 0.130. The number of pyridine rings is 1. The molecule has 1 aromatic heterocycles. The molecular formula is C15H20N2O3. The number of carbonyl (C=O) groups excluding carboxylic acids is 1. The number of carboxylic acid groups (broad SMARTS) is 1. The summed E-state index contributed by atoms with van der Waals surface area (Å²) in [6.07, 6.45) is 6.27. The van der Waals surface area contributed by atoms with Crippen molar-refractivity contribution in [1.82, 2.24) is 9.88 Å². The first-order chi connectivity index (χ1) is 9.27. The van der Waals surface area contributed by atoms with Gasteiger partial charge in [0.2, 0.25) is 0 Å². The summed E-state index contributed by atoms with van der Waals surface area (Å²) in [6.45, 7) is 6.01. The summed E-state index contributed by atoms with van der Waals surface area (Å²) in [6, 6.07) is 1.64. The minimum Gasteiger partial charge on any atom is -0.478 e. The van der Waals surface area contributed by atoms with E-state index >= 15 is 0 Å². The number of rotatable bonds is 5. The van der Waals surface area contributed by atoms with Gasteiger partial charge in [-0.3, -0.25) is 9.78 Å². The highest BCUT2D eigenvalue weighted by molar-refractivity contribution is 5.95. The van der Waals surface area contributed by atoms with Crippen molar-refractivity contribution in [3.8, 4) is 0 Å². The molecule has 0 fully saturated rings. The largest absolute Gasteiger partial charge is 0.478 e. The van der Waals surface area contributed by atoms with Crippen LogP contribution in [-0.4, -0.2) is 39.5 Å². The molecule has 108 valence electrons. The Bertz CT molecular complexity index is 536. The maximum Gasteiger partial charge on any atom is 0.328 e. The number of nitrogens with zero attached hydrogens (tertiary/aromatic N) is 2. The summed E-state index contributed by atoms with van der Waals surface area (Å²) in [4.78, 5) is 28.5. The van der Waals surface area contributed by atoms with Crippen molar-refractivity contribution in [2.45, 2.75) is 32.7 Å². The lowest BCUT2D eigenvalue weighted by Gasteiger charge is -2.34. The number of hydrogen-bond acceptors (Lipinski definition) is 3. The van der Waals surface area contributed by atoms with E-state index in [9.17, 15) is 9.59 Å². The lowest BCUT2D eigenvalue weighted by atomic mass is 9.99. The number of aliphatic carboxylic acids is 1. The highest BCUT2D eigenvalue weighted by Gasteiger charge is 2.26. The Morgan fingerprint density at radius 1 is 1.40 bits per heavy atom. The summed E-state index contributed by atoms with van der Waals surface area (Å²) < 4.78 is 0. The van der Waals surface area contributed by atoms with Crippen LogP contribution in [0.25, 0.3) is 6.08 Å². The zero-order chi connectivity index (χ0) is 15.3. The topological polar surface area (TPSA) is 70.5 Å². The number of amides is 1. The molecule has 20 heavy (non-hydrogen) atoms. The summed E-state index contributed by atoms with van der Waals surface area (Å²) in [5.41, 5.74) is 0.784. The van der Waals surface area contributed by atoms with Gasteiger partial charge in [0.25, 0.3) is 5.91 Å². The molecule has 0 aromatic carbocycles. The smallest absolute Gasteiger partial charge is 0.328 e. The molecule has 0 unspecified atom stereocenters. The Hall–Kier alpha value is -2.17. The number of carbonyl (C=O) groups is 2. The van der Waals surface area contributed by atoms with Crippen molar-refractivity contribution in [3.05, 3.63) is 35.7 Å². The molecule has 1 rings (SSSR count). The molecule has 0 saturated carbocycles. The predicted molar refractivity (Wildman–Crippen MR) is 77.4 cm³/mol. The normalized spacial score (nSPS) is 11.6. The minimum atomic E-state index is -1.04. The van der Waals surface area contributed by atoms with Gasteiger partial charge < -0.3 is 10.0 Å². The fraction of sp³-hybridized carbons (Fsp3) is 0.400. The van der Waals surface area contributed by atoms with Gasteiger partial charge in [-0.15, -0.1) is 0 Å². The van der Waals surface area contributed by atoms with E-state index in [0.717, 1.165) is 12.5 Å². The van der Waals surface area contributed by atoms with Crippen LogP contribution in [0.3, 0.4) is 0 Å². The van der Waals surface area contributed by atoms with Crippen LogP contribution in [-0.2, 0) is 4.79 Å². The van der Waals surface area contributed by atoms with E-state index < -0.39 is 5.97 Å². The first-order valence-corrected chi connectivity index (χ1v) is 6.42. The van der Waals surface area contributed by atoms with E-state index in [2.05, 4.69) is 4.98 Å². The molecule has 1 aromatic rings. The first-order valence-electron chi connectivity index (χ1n) is 6.42. The van der Waals surface area contributed by atoms with E-state index in [1.54, 1.807) is 18.0 Å². The van der Waals surface area contributed by atoms with E-state index in [1.807, 2.05) is 20.8 Å². The van der Waals surface area contributed by atoms with Crippen LogP contribution in [0.4, 0.5) is 0 Å². The van der Waals surface area contributed by atoms with Crippen molar-refractivity contribution in [1.29, 1.82) is 0 Å². The summed E-state index contributed by atoms with van der Waals surface area (Å²) in [5.74, 6) is -1.17. The Morgan fingerprint density at radius 2 is 2.05 bits per heavy atom. The molecule has 5 heteroatoms. The van der Waals surface area contributed by atoms with Gasteiger partial charge in [0.1, 0.15) is 0 Å². The zero-order valence-electron chi connectivity index (χ0n) is 12.3. The highest BCUT2D eigenvalue weighted by Crippen LogP contribution is 2.19. The van der Waals surface area contributed by atoms with Crippen molar-refractivity contribution in [2.75, 3.05) is 7.05 Å². The van der Waals surface area contributed by atoms with Crippen LogP contribution in [0.1, 0.15) is 43.1 Å². The van der Waals surface area contributed by atoms with Gasteiger partial charge in [-0.2, -0.15) is 0 Å². The van der Waals surface area contributed by atoms with Gasteiger partial charge in [-0.25, -0.2) is 4.79 Å². The Labute approximate surface area is 118 Å². The van der Waals surface area contributed by atoms with Crippen molar-refractivity contribution < 1.29 is 14.7 Å². The molecule has 0 aliphatic heterocycles. The van der Waals surface area contributed by atoms with Crippen molar-refractivity contribution in [2.24, 2.45) is 0 Å². The summed E-state index contributed by atoms with van der Waals surface area (Å²) >= 11 is 0. The van der Waals surface area contributed by atoms with Crippen LogP contribution >= 0.6 is 0 Å². The van der Waals surface area contributed by atoms with Gasteiger partial charge in [0, 0.05) is 31.1 Å². The third kappa shape index (κ3) is 3.91. The van der Waals surface area contributed by atoms with E-state index in [4.69, 9.17) is 5.11 Å². The second kappa shape index (κ2) is 6.32. The molecule has 0 aliphatic rings. The second-order valence-electron chi connectivity index (χ2n) is 5.21. The number of aromatic nitrogens is 1. The average Bonchev–Trinajstić information content (AvgIpc) is 2.43. The molecule has 5 nitrogen and oxygen atoms in total. The average molecular weight is 276 g/mol. The highest BCUT2D eigenvalue weighted by atomic mass is 16.4. The van der Waals surface area contributed by atoms with Gasteiger partial charge in [0.15, 0.2) is 0 Å². The molecule has 0 bridgehead atoms. The number of carboxylic acids is 1. The van der Waals surface area contributed by atoms with Crippen LogP contribution in [0.5, 0.6) is 0 Å². The molecule has 0 saturated heterocycles. The molecule has 0 atom stereocenters. The maximum atomic E-state index is 12.4. The predicted octanol–water partition coefficient (Wildman–Crippen LogP) is 2.44. The summed E-state index contributed by atoms with van der Waals surface area (Å²) in [7, 11) is 1.76. The maximum absolute atomic E-state index is 12.4. The molecule has 1 amide bonds. The van der Waals surface area contributed by atoms with Gasteiger partial charge in [-0.05, 0) is 38.0 Å². The van der Waals surface area contributed by atoms with Crippen LogP contribution in [0.15, 0.2) is 24.5 Å². The Kier molecular flexibility index (Phi) is 5.02. The SMILES string of the molecule is CCC(C)(C)N(C)C(=O)c1cncc(C=CC(=O)O)c1. The lowest BCUT2D eigenvalue weighted by molar-refractivity contribution is -0.131. The first kappa shape index (κ1) is 15.9. The molecule has 1 heterocycles. The fourth-order valence-corrected chi connectivity index (χ4v) is 1.54. The zero-order valence-corrected chi connectivity index (χ0v) is 12.3. The fourth-order valence-electron chi connectivity index (χ4n) is 1.54. The van der Waals surface area contributed by atoms with E-state index in [0.29, 0.717) is 11.1 Å². The van der Waals surface area contributed by atoms with Crippen LogP contribution < -0.4 is 0 Å². The Morgan fingerprint density at radius 3 is 2.60 bits per heavy atom. The molecule has 0 radical (unpaired) electrons. The van der Waals surface area contributed by atoms with Crippen LogP contribution in [0.2, 0.25) is 0 Å². The van der Waals surface area contributed by atoms with E-state index in [-0.39, 0.29) is 11.4 Å². The second-order valence-corrected chi connectivity index (χ2v) is 5.21. The standard InChI is InChI=1S/C15H20N2O3/c1-5-15(2,3)17(4)14(20)12-8-11(9-16-10-12)6-7-13(18)19/h6-10H,5H2,1-4H3,(H,18,19). The molecule has 1 N–H and O–H groups in total. The van der Waals surface area contributed by atoms with Gasteiger partial charge >= 0.3 is 5.97 Å². The van der Waals surface area contributed by atoms with Crippen molar-refractivity contribution in [3.63, 3.8) is 0 Å². The third-order valence-electron chi connectivity index (χ3n) is 3.50. The quantitative estimate of drug-likeness (QED) is 0.838. The van der Waals surface area contributed by atoms with Gasteiger partial charge in [0.05, 0.1) is 5.56 Å². The van der Waals surface area contributed by atoms with E-state index in [1.165, 1.54) is 18.5 Å².